The van der Waals surface area contributed by atoms with Crippen LogP contribution in [0.1, 0.15) is 32.0 Å². The summed E-state index contributed by atoms with van der Waals surface area (Å²) in [5.41, 5.74) is 0.939. The summed E-state index contributed by atoms with van der Waals surface area (Å²) in [5, 5.41) is 13.6. The number of carbonyl (C=O) groups excluding carboxylic acids is 2. The molecule has 1 aromatic carbocycles. The van der Waals surface area contributed by atoms with Crippen LogP contribution in [0.3, 0.4) is 0 Å². The van der Waals surface area contributed by atoms with Crippen LogP contribution in [-0.2, 0) is 22.5 Å². The van der Waals surface area contributed by atoms with E-state index in [1.807, 2.05) is 34.9 Å². The van der Waals surface area contributed by atoms with Crippen LogP contribution in [0, 0.1) is 0 Å². The van der Waals surface area contributed by atoms with E-state index < -0.39 is 23.7 Å². The lowest BCUT2D eigenvalue weighted by atomic mass is 10.1. The van der Waals surface area contributed by atoms with Gasteiger partial charge in [-0.25, -0.2) is 9.78 Å². The lowest BCUT2D eigenvalue weighted by molar-refractivity contribution is -0.308. The van der Waals surface area contributed by atoms with Gasteiger partial charge < -0.3 is 24.5 Å². The van der Waals surface area contributed by atoms with Gasteiger partial charge in [0.25, 0.3) is 0 Å². The Hall–Kier alpha value is -2.83. The van der Waals surface area contributed by atoms with Crippen molar-refractivity contribution in [2.75, 3.05) is 0 Å². The van der Waals surface area contributed by atoms with Crippen LogP contribution in [0.4, 0.5) is 4.79 Å². The Kier molecular flexibility index (Phi) is 5.80. The number of imidazole rings is 1. The fourth-order valence-electron chi connectivity index (χ4n) is 2.24. The molecule has 1 heterocycles. The Morgan fingerprint density at radius 1 is 1.28 bits per heavy atom. The Morgan fingerprint density at radius 3 is 2.56 bits per heavy atom. The molecule has 7 heteroatoms. The first-order chi connectivity index (χ1) is 11.7. The van der Waals surface area contributed by atoms with E-state index in [4.69, 9.17) is 4.74 Å². The zero-order valence-corrected chi connectivity index (χ0v) is 14.6. The summed E-state index contributed by atoms with van der Waals surface area (Å²) >= 11 is 0. The Bertz CT molecular complexity index is 719. The third-order valence-electron chi connectivity index (χ3n) is 3.28. The molecule has 0 saturated carbocycles. The average Bonchev–Trinajstić information content (AvgIpc) is 2.92. The molecule has 0 spiro atoms. The average molecular weight is 344 g/mol. The molecule has 0 aliphatic carbocycles. The fourth-order valence-corrected chi connectivity index (χ4v) is 2.24. The number of ether oxygens (including phenoxy) is 1. The minimum Gasteiger partial charge on any atom is -0.548 e. The van der Waals surface area contributed by atoms with Crippen molar-refractivity contribution < 1.29 is 19.4 Å². The molecular weight excluding hydrogens is 322 g/mol. The van der Waals surface area contributed by atoms with Gasteiger partial charge in [0.05, 0.1) is 24.0 Å². The number of nitrogens with zero attached hydrogens (tertiary/aromatic N) is 2. The van der Waals surface area contributed by atoms with Gasteiger partial charge in [0.2, 0.25) is 0 Å². The molecule has 1 aromatic heterocycles. The molecule has 0 unspecified atom stereocenters. The van der Waals surface area contributed by atoms with E-state index in [1.165, 1.54) is 0 Å². The largest absolute Gasteiger partial charge is 0.548 e. The summed E-state index contributed by atoms with van der Waals surface area (Å²) in [7, 11) is 0. The predicted octanol–water partition coefficient (Wildman–Crippen LogP) is 1.12. The molecule has 1 atom stereocenters. The molecule has 1 N–H and O–H groups in total. The molecule has 134 valence electrons. The van der Waals surface area contributed by atoms with E-state index in [1.54, 1.807) is 33.3 Å². The smallest absolute Gasteiger partial charge is 0.408 e. The van der Waals surface area contributed by atoms with Crippen molar-refractivity contribution in [3.63, 3.8) is 0 Å². The van der Waals surface area contributed by atoms with Crippen LogP contribution < -0.4 is 10.4 Å². The molecule has 7 nitrogen and oxygen atoms in total. The van der Waals surface area contributed by atoms with Crippen molar-refractivity contribution in [1.82, 2.24) is 14.9 Å². The monoisotopic (exact) mass is 344 g/mol. The van der Waals surface area contributed by atoms with Gasteiger partial charge in [-0.2, -0.15) is 0 Å². The number of alkyl carbamates (subject to hydrolysis) is 1. The van der Waals surface area contributed by atoms with E-state index in [0.717, 1.165) is 5.56 Å². The first-order valence-corrected chi connectivity index (χ1v) is 7.98. The third kappa shape index (κ3) is 6.29. The third-order valence-corrected chi connectivity index (χ3v) is 3.28. The molecule has 0 saturated heterocycles. The molecule has 25 heavy (non-hydrogen) atoms. The number of aromatic nitrogens is 2. The van der Waals surface area contributed by atoms with Gasteiger partial charge in [-0.3, -0.25) is 0 Å². The first-order valence-electron chi connectivity index (χ1n) is 7.98. The second kappa shape index (κ2) is 7.83. The molecule has 1 amide bonds. The number of benzene rings is 1. The standard InChI is InChI=1S/C18H23N3O4/c1-18(2,3)25-17(24)20-15(16(22)23)9-14-11-21(12-19-14)10-13-7-5-4-6-8-13/h4-8,11-12,15H,9-10H2,1-3H3,(H,20,24)(H,22,23)/p-1/t15-/m1/s1. The van der Waals surface area contributed by atoms with Crippen LogP contribution in [0.2, 0.25) is 0 Å². The van der Waals surface area contributed by atoms with Gasteiger partial charge in [0.1, 0.15) is 5.60 Å². The molecule has 0 aliphatic rings. The molecular formula is C18H22N3O4-. The van der Waals surface area contributed by atoms with Gasteiger partial charge in [-0.15, -0.1) is 0 Å². The molecule has 0 bridgehead atoms. The highest BCUT2D eigenvalue weighted by molar-refractivity contribution is 5.78. The zero-order valence-electron chi connectivity index (χ0n) is 14.6. The lowest BCUT2D eigenvalue weighted by Gasteiger charge is -2.23. The Morgan fingerprint density at radius 2 is 1.96 bits per heavy atom. The summed E-state index contributed by atoms with van der Waals surface area (Å²) in [6, 6.07) is 8.61. The van der Waals surface area contributed by atoms with Gasteiger partial charge in [-0.1, -0.05) is 30.3 Å². The molecule has 0 aliphatic heterocycles. The molecule has 2 aromatic rings. The van der Waals surface area contributed by atoms with Crippen LogP contribution >= 0.6 is 0 Å². The van der Waals surface area contributed by atoms with Crippen molar-refractivity contribution >= 4 is 12.1 Å². The molecule has 2 rings (SSSR count). The minimum atomic E-state index is -1.39. The maximum absolute atomic E-state index is 11.8. The number of nitrogens with one attached hydrogen (secondary N) is 1. The number of amides is 1. The number of aliphatic carboxylic acids is 1. The van der Waals surface area contributed by atoms with Gasteiger partial charge in [-0.05, 0) is 26.3 Å². The maximum Gasteiger partial charge on any atom is 0.408 e. The number of hydrogen-bond acceptors (Lipinski definition) is 5. The van der Waals surface area contributed by atoms with E-state index >= 15 is 0 Å². The summed E-state index contributed by atoms with van der Waals surface area (Å²) in [6.45, 7) is 5.73. The Balaban J connectivity index is 1.98. The van der Waals surface area contributed by atoms with Crippen LogP contribution in [0.5, 0.6) is 0 Å². The quantitative estimate of drug-likeness (QED) is 0.847. The highest BCUT2D eigenvalue weighted by Gasteiger charge is 2.21. The summed E-state index contributed by atoms with van der Waals surface area (Å²) in [4.78, 5) is 27.2. The zero-order chi connectivity index (χ0) is 18.4. The van der Waals surface area contributed by atoms with Gasteiger partial charge in [0.15, 0.2) is 0 Å². The Labute approximate surface area is 146 Å². The van der Waals surface area contributed by atoms with Crippen molar-refractivity contribution in [3.05, 3.63) is 54.1 Å². The lowest BCUT2D eigenvalue weighted by Crippen LogP contribution is -2.50. The summed E-state index contributed by atoms with van der Waals surface area (Å²) in [6.07, 6.45) is 2.59. The number of carboxylic acids is 1. The maximum atomic E-state index is 11.8. The first kappa shape index (κ1) is 18.5. The number of rotatable bonds is 6. The number of carbonyl (C=O) groups is 2. The van der Waals surface area contributed by atoms with E-state index in [-0.39, 0.29) is 6.42 Å². The molecule has 0 radical (unpaired) electrons. The highest BCUT2D eigenvalue weighted by Crippen LogP contribution is 2.09. The minimum absolute atomic E-state index is 0.0172. The second-order valence-corrected chi connectivity index (χ2v) is 6.74. The second-order valence-electron chi connectivity index (χ2n) is 6.74. The van der Waals surface area contributed by atoms with Crippen LogP contribution in [-0.4, -0.2) is 33.3 Å². The van der Waals surface area contributed by atoms with Crippen molar-refractivity contribution in [1.29, 1.82) is 0 Å². The van der Waals surface area contributed by atoms with Gasteiger partial charge in [0, 0.05) is 19.2 Å². The predicted molar refractivity (Wildman–Crippen MR) is 89.6 cm³/mol. The van der Waals surface area contributed by atoms with E-state index in [0.29, 0.717) is 12.2 Å². The normalized spacial score (nSPS) is 12.4. The SMILES string of the molecule is CC(C)(C)OC(=O)N[C@H](Cc1cn(Cc2ccccc2)cn1)C(=O)[O-]. The topological polar surface area (TPSA) is 96.3 Å². The van der Waals surface area contributed by atoms with Crippen molar-refractivity contribution in [2.45, 2.75) is 45.4 Å². The summed E-state index contributed by atoms with van der Waals surface area (Å²) in [5.74, 6) is -1.39. The van der Waals surface area contributed by atoms with Crippen molar-refractivity contribution in [2.24, 2.45) is 0 Å². The molecule has 0 fully saturated rings. The fraction of sp³-hybridized carbons (Fsp3) is 0.389. The van der Waals surface area contributed by atoms with E-state index in [2.05, 4.69) is 10.3 Å². The summed E-state index contributed by atoms with van der Waals surface area (Å²) < 4.78 is 6.93. The number of carboxylic acid groups (broad SMARTS) is 1. The number of hydrogen-bond donors (Lipinski definition) is 1. The van der Waals surface area contributed by atoms with Gasteiger partial charge >= 0.3 is 6.09 Å². The van der Waals surface area contributed by atoms with Crippen LogP contribution in [0.25, 0.3) is 0 Å². The highest BCUT2D eigenvalue weighted by atomic mass is 16.6. The van der Waals surface area contributed by atoms with Crippen LogP contribution in [0.15, 0.2) is 42.9 Å². The van der Waals surface area contributed by atoms with Crippen molar-refractivity contribution in [3.8, 4) is 0 Å². The van der Waals surface area contributed by atoms with E-state index in [9.17, 15) is 14.7 Å².